The molecule has 0 aromatic rings. The number of carbonyl (C=O) groups is 1. The molecule has 0 saturated heterocycles. The zero-order valence-electron chi connectivity index (χ0n) is 12.1. The minimum Gasteiger partial charge on any atom is -0.481 e. The molecule has 1 rings (SSSR count). The first-order valence-corrected chi connectivity index (χ1v) is 6.98. The molecular formula is C15H24O4. The van der Waals surface area contributed by atoms with Crippen LogP contribution in [0, 0.1) is 0 Å². The largest absolute Gasteiger partial charge is 0.481 e. The zero-order chi connectivity index (χ0) is 14.3. The van der Waals surface area contributed by atoms with Crippen LogP contribution in [0.4, 0.5) is 0 Å². The Morgan fingerprint density at radius 2 is 2.21 bits per heavy atom. The average Bonchev–Trinajstić information content (AvgIpc) is 2.35. The molecule has 0 aliphatic carbocycles. The number of rotatable bonds is 8. The molecule has 1 atom stereocenters. The van der Waals surface area contributed by atoms with Gasteiger partial charge in [-0.25, -0.2) is 4.79 Å². The van der Waals surface area contributed by atoms with Gasteiger partial charge in [0.15, 0.2) is 0 Å². The van der Waals surface area contributed by atoms with E-state index in [4.69, 9.17) is 9.47 Å². The Morgan fingerprint density at radius 3 is 2.79 bits per heavy atom. The van der Waals surface area contributed by atoms with Crippen molar-refractivity contribution in [3.05, 3.63) is 23.7 Å². The van der Waals surface area contributed by atoms with Crippen LogP contribution in [0.2, 0.25) is 0 Å². The lowest BCUT2D eigenvalue weighted by atomic mass is 9.84. The Hall–Kier alpha value is -1.45. The summed E-state index contributed by atoms with van der Waals surface area (Å²) in [5.41, 5.74) is 0.622. The molecule has 108 valence electrons. The van der Waals surface area contributed by atoms with E-state index in [1.807, 2.05) is 6.92 Å². The molecule has 4 nitrogen and oxygen atoms in total. The maximum Gasteiger partial charge on any atom is 0.330 e. The fraction of sp³-hybridized carbons (Fsp3) is 0.667. The molecular weight excluding hydrogens is 244 g/mol. The summed E-state index contributed by atoms with van der Waals surface area (Å²) in [7, 11) is 0. The van der Waals surface area contributed by atoms with Gasteiger partial charge in [-0.05, 0) is 39.5 Å². The van der Waals surface area contributed by atoms with Gasteiger partial charge in [-0.3, -0.25) is 0 Å². The molecule has 0 amide bonds. The van der Waals surface area contributed by atoms with Crippen molar-refractivity contribution in [2.45, 2.75) is 58.5 Å². The van der Waals surface area contributed by atoms with E-state index in [0.717, 1.165) is 37.7 Å². The molecule has 1 aliphatic rings. The number of allylic oxidation sites excluding steroid dienone is 1. The molecule has 1 N–H and O–H groups in total. The molecule has 1 aliphatic heterocycles. The van der Waals surface area contributed by atoms with Crippen LogP contribution in [0.5, 0.6) is 0 Å². The molecule has 0 aromatic carbocycles. The van der Waals surface area contributed by atoms with Crippen LogP contribution in [0.15, 0.2) is 23.7 Å². The fourth-order valence-corrected chi connectivity index (χ4v) is 2.17. The van der Waals surface area contributed by atoms with Crippen LogP contribution < -0.4 is 0 Å². The maximum absolute atomic E-state index is 11.1. The molecule has 0 aromatic heterocycles. The van der Waals surface area contributed by atoms with Gasteiger partial charge in [-0.15, -0.1) is 0 Å². The third-order valence-corrected chi connectivity index (χ3v) is 3.33. The summed E-state index contributed by atoms with van der Waals surface area (Å²) in [5.74, 6) is -0.225. The summed E-state index contributed by atoms with van der Waals surface area (Å²) in [6.07, 6.45) is 7.73. The first-order valence-electron chi connectivity index (χ1n) is 6.98. The highest BCUT2D eigenvalue weighted by atomic mass is 16.6. The Kier molecular flexibility index (Phi) is 5.93. The van der Waals surface area contributed by atoms with Crippen molar-refractivity contribution in [2.75, 3.05) is 6.61 Å². The van der Waals surface area contributed by atoms with Crippen LogP contribution >= 0.6 is 0 Å². The van der Waals surface area contributed by atoms with Crippen LogP contribution in [-0.4, -0.2) is 23.3 Å². The minimum absolute atomic E-state index is 0.0883. The summed E-state index contributed by atoms with van der Waals surface area (Å²) >= 11 is 0. The summed E-state index contributed by atoms with van der Waals surface area (Å²) < 4.78 is 10.2. The van der Waals surface area contributed by atoms with E-state index in [-0.39, 0.29) is 17.5 Å². The zero-order valence-corrected chi connectivity index (χ0v) is 12.1. The van der Waals surface area contributed by atoms with Crippen molar-refractivity contribution in [2.24, 2.45) is 0 Å². The Morgan fingerprint density at radius 1 is 1.47 bits per heavy atom. The second-order valence-corrected chi connectivity index (χ2v) is 4.91. The molecule has 4 heteroatoms. The van der Waals surface area contributed by atoms with Crippen LogP contribution in [0.25, 0.3) is 0 Å². The van der Waals surface area contributed by atoms with E-state index in [1.54, 1.807) is 13.0 Å². The Labute approximate surface area is 115 Å². The van der Waals surface area contributed by atoms with Gasteiger partial charge in [0.05, 0.1) is 12.2 Å². The number of aliphatic hydroxyl groups excluding tert-OH is 1. The number of hydrogen-bond acceptors (Lipinski definition) is 4. The van der Waals surface area contributed by atoms with Gasteiger partial charge in [0, 0.05) is 6.08 Å². The van der Waals surface area contributed by atoms with Crippen molar-refractivity contribution >= 4 is 5.97 Å². The smallest absolute Gasteiger partial charge is 0.330 e. The van der Waals surface area contributed by atoms with E-state index >= 15 is 0 Å². The topological polar surface area (TPSA) is 55.8 Å². The minimum atomic E-state index is -0.377. The normalized spacial score (nSPS) is 22.3. The SMILES string of the molecule is CCCCC1=C(O)OC1(C)CC/C=C/C(=O)OCC. The molecule has 0 spiro atoms. The number of carbonyl (C=O) groups excluding carboxylic acids is 1. The summed E-state index contributed by atoms with van der Waals surface area (Å²) in [6, 6.07) is 0. The number of hydrogen-bond donors (Lipinski definition) is 1. The lowest BCUT2D eigenvalue weighted by molar-refractivity contribution is -0.137. The highest BCUT2D eigenvalue weighted by Crippen LogP contribution is 2.42. The van der Waals surface area contributed by atoms with E-state index < -0.39 is 0 Å². The standard InChI is InChI=1S/C15H24O4/c1-4-6-9-12-14(17)19-15(12,3)11-8-7-10-13(16)18-5-2/h7,10,17H,4-6,8-9,11H2,1-3H3/b10-7+. The van der Waals surface area contributed by atoms with E-state index in [2.05, 4.69) is 6.92 Å². The molecule has 1 heterocycles. The van der Waals surface area contributed by atoms with E-state index in [1.165, 1.54) is 6.08 Å². The number of ether oxygens (including phenoxy) is 2. The van der Waals surface area contributed by atoms with Gasteiger partial charge in [0.1, 0.15) is 5.60 Å². The van der Waals surface area contributed by atoms with Gasteiger partial charge >= 0.3 is 5.97 Å². The number of aliphatic hydroxyl groups is 1. The lowest BCUT2D eigenvalue weighted by Gasteiger charge is -2.40. The molecule has 0 saturated carbocycles. The highest BCUT2D eigenvalue weighted by Gasteiger charge is 2.42. The van der Waals surface area contributed by atoms with Crippen LogP contribution in [-0.2, 0) is 14.3 Å². The summed E-state index contributed by atoms with van der Waals surface area (Å²) in [4.78, 5) is 11.1. The van der Waals surface area contributed by atoms with E-state index in [0.29, 0.717) is 6.61 Å². The van der Waals surface area contributed by atoms with Gasteiger partial charge in [0.2, 0.25) is 0 Å². The fourth-order valence-electron chi connectivity index (χ4n) is 2.17. The molecule has 0 bridgehead atoms. The second kappa shape index (κ2) is 7.22. The predicted molar refractivity (Wildman–Crippen MR) is 73.7 cm³/mol. The number of esters is 1. The van der Waals surface area contributed by atoms with Gasteiger partial charge in [-0.1, -0.05) is 19.4 Å². The van der Waals surface area contributed by atoms with Gasteiger partial charge in [0.25, 0.3) is 5.95 Å². The maximum atomic E-state index is 11.1. The second-order valence-electron chi connectivity index (χ2n) is 4.91. The Balaban J connectivity index is 2.39. The first-order chi connectivity index (χ1) is 9.03. The quantitative estimate of drug-likeness (QED) is 0.539. The van der Waals surface area contributed by atoms with Crippen molar-refractivity contribution < 1.29 is 19.4 Å². The predicted octanol–water partition coefficient (Wildman–Crippen LogP) is 3.63. The summed E-state index contributed by atoms with van der Waals surface area (Å²) in [5, 5.41) is 9.55. The molecule has 0 fully saturated rings. The third-order valence-electron chi connectivity index (χ3n) is 3.33. The van der Waals surface area contributed by atoms with Gasteiger partial charge < -0.3 is 14.6 Å². The van der Waals surface area contributed by atoms with Crippen LogP contribution in [0.1, 0.15) is 52.9 Å². The van der Waals surface area contributed by atoms with Crippen LogP contribution in [0.3, 0.4) is 0 Å². The third kappa shape index (κ3) is 4.30. The molecule has 1 unspecified atom stereocenters. The van der Waals surface area contributed by atoms with E-state index in [9.17, 15) is 9.90 Å². The average molecular weight is 268 g/mol. The lowest BCUT2D eigenvalue weighted by Crippen LogP contribution is -2.40. The van der Waals surface area contributed by atoms with Crippen molar-refractivity contribution in [3.8, 4) is 0 Å². The van der Waals surface area contributed by atoms with Gasteiger partial charge in [-0.2, -0.15) is 0 Å². The van der Waals surface area contributed by atoms with Crippen molar-refractivity contribution in [1.82, 2.24) is 0 Å². The van der Waals surface area contributed by atoms with Crippen molar-refractivity contribution in [1.29, 1.82) is 0 Å². The van der Waals surface area contributed by atoms with Crippen molar-refractivity contribution in [3.63, 3.8) is 0 Å². The monoisotopic (exact) mass is 268 g/mol. The highest BCUT2D eigenvalue weighted by molar-refractivity contribution is 5.81. The molecule has 19 heavy (non-hydrogen) atoms. The number of unbranched alkanes of at least 4 members (excludes halogenated alkanes) is 1. The summed E-state index contributed by atoms with van der Waals surface area (Å²) in [6.45, 7) is 6.27. The Bertz CT molecular complexity index is 370. The first kappa shape index (κ1) is 15.6. The molecule has 0 radical (unpaired) electrons.